The van der Waals surface area contributed by atoms with Crippen LogP contribution in [0.3, 0.4) is 0 Å². The van der Waals surface area contributed by atoms with Crippen molar-refractivity contribution in [2.24, 2.45) is 0 Å². The van der Waals surface area contributed by atoms with Crippen LogP contribution in [0.5, 0.6) is 0 Å². The number of hydrogen-bond acceptors (Lipinski definition) is 4. The lowest BCUT2D eigenvalue weighted by Crippen LogP contribution is -2.24. The van der Waals surface area contributed by atoms with Crippen molar-refractivity contribution >= 4 is 12.4 Å². The summed E-state index contributed by atoms with van der Waals surface area (Å²) in [5.74, 6) is -0.501. The third-order valence-corrected chi connectivity index (χ3v) is 1.23. The van der Waals surface area contributed by atoms with Gasteiger partial charge in [-0.05, 0) is 6.42 Å². The van der Waals surface area contributed by atoms with E-state index in [0.29, 0.717) is 6.42 Å². The van der Waals surface area contributed by atoms with Crippen LogP contribution in [0.1, 0.15) is 19.8 Å². The average Bonchev–Trinajstić information content (AvgIpc) is 2.03. The number of rotatable bonds is 5. The Morgan fingerprint density at radius 1 is 1.64 bits per heavy atom. The Labute approximate surface area is 65.5 Å². The first-order valence-electron chi connectivity index (χ1n) is 3.43. The van der Waals surface area contributed by atoms with Crippen LogP contribution in [-0.4, -0.2) is 25.7 Å². The molecule has 0 spiro atoms. The summed E-state index contributed by atoms with van der Waals surface area (Å²) < 4.78 is 8.87. The molecule has 0 bridgehead atoms. The topological polar surface area (TPSA) is 52.6 Å². The van der Waals surface area contributed by atoms with Crippen molar-refractivity contribution in [3.8, 4) is 0 Å². The number of hydrogen-bond donors (Lipinski definition) is 0. The second kappa shape index (κ2) is 5.70. The van der Waals surface area contributed by atoms with E-state index in [0.717, 1.165) is 6.42 Å². The number of methoxy groups -OCH3 is 1. The minimum absolute atomic E-state index is 0.261. The van der Waals surface area contributed by atoms with Crippen LogP contribution in [0.15, 0.2) is 0 Å². The second-order valence-corrected chi connectivity index (χ2v) is 2.03. The van der Waals surface area contributed by atoms with E-state index in [-0.39, 0.29) is 6.47 Å². The first-order chi connectivity index (χ1) is 5.26. The normalized spacial score (nSPS) is 11.8. The zero-order chi connectivity index (χ0) is 8.69. The molecule has 0 aromatic heterocycles. The third-order valence-electron chi connectivity index (χ3n) is 1.23. The molecule has 1 unspecified atom stereocenters. The maximum atomic E-state index is 10.8. The summed E-state index contributed by atoms with van der Waals surface area (Å²) in [4.78, 5) is 20.7. The molecule has 64 valence electrons. The van der Waals surface area contributed by atoms with Crippen molar-refractivity contribution in [2.75, 3.05) is 7.11 Å². The first-order valence-corrected chi connectivity index (χ1v) is 3.43. The van der Waals surface area contributed by atoms with Crippen LogP contribution in [-0.2, 0) is 19.1 Å². The number of esters is 1. The second-order valence-electron chi connectivity index (χ2n) is 2.03. The van der Waals surface area contributed by atoms with E-state index in [1.807, 2.05) is 6.92 Å². The van der Waals surface area contributed by atoms with Gasteiger partial charge in [0.15, 0.2) is 6.10 Å². The summed E-state index contributed by atoms with van der Waals surface area (Å²) in [7, 11) is 1.26. The molecular weight excluding hydrogens is 148 g/mol. The Hall–Kier alpha value is -1.06. The van der Waals surface area contributed by atoms with E-state index in [1.165, 1.54) is 7.11 Å². The summed E-state index contributed by atoms with van der Waals surface area (Å²) in [5, 5.41) is 0. The zero-order valence-corrected chi connectivity index (χ0v) is 6.70. The Bertz CT molecular complexity index is 132. The van der Waals surface area contributed by atoms with Crippen molar-refractivity contribution in [3.63, 3.8) is 0 Å². The molecule has 4 heteroatoms. The SMILES string of the molecule is CCCC(OC=O)C(=O)OC. The van der Waals surface area contributed by atoms with Crippen LogP contribution >= 0.6 is 0 Å². The van der Waals surface area contributed by atoms with Crippen molar-refractivity contribution in [2.45, 2.75) is 25.9 Å². The molecule has 0 saturated heterocycles. The minimum Gasteiger partial charge on any atom is -0.466 e. The fourth-order valence-corrected chi connectivity index (χ4v) is 0.702. The Kier molecular flexibility index (Phi) is 5.15. The Morgan fingerprint density at radius 2 is 2.27 bits per heavy atom. The van der Waals surface area contributed by atoms with Gasteiger partial charge in [-0.2, -0.15) is 0 Å². The van der Waals surface area contributed by atoms with Crippen LogP contribution in [0, 0.1) is 0 Å². The molecule has 0 amide bonds. The molecule has 0 aliphatic carbocycles. The van der Waals surface area contributed by atoms with E-state index in [1.54, 1.807) is 0 Å². The third kappa shape index (κ3) is 3.60. The zero-order valence-electron chi connectivity index (χ0n) is 6.70. The molecule has 0 aliphatic heterocycles. The van der Waals surface area contributed by atoms with E-state index >= 15 is 0 Å². The fraction of sp³-hybridized carbons (Fsp3) is 0.714. The van der Waals surface area contributed by atoms with Gasteiger partial charge in [-0.1, -0.05) is 13.3 Å². The van der Waals surface area contributed by atoms with Gasteiger partial charge >= 0.3 is 5.97 Å². The van der Waals surface area contributed by atoms with Crippen molar-refractivity contribution < 1.29 is 19.1 Å². The smallest absolute Gasteiger partial charge is 0.347 e. The monoisotopic (exact) mass is 160 g/mol. The van der Waals surface area contributed by atoms with Crippen LogP contribution in [0.4, 0.5) is 0 Å². The summed E-state index contributed by atoms with van der Waals surface area (Å²) >= 11 is 0. The summed E-state index contributed by atoms with van der Waals surface area (Å²) in [5.41, 5.74) is 0. The lowest BCUT2D eigenvalue weighted by atomic mass is 10.2. The number of carbonyl (C=O) groups is 2. The highest BCUT2D eigenvalue weighted by molar-refractivity contribution is 5.75. The van der Waals surface area contributed by atoms with Gasteiger partial charge in [0.1, 0.15) is 0 Å². The van der Waals surface area contributed by atoms with E-state index in [9.17, 15) is 9.59 Å². The minimum atomic E-state index is -0.734. The first kappa shape index (κ1) is 9.94. The fourth-order valence-electron chi connectivity index (χ4n) is 0.702. The standard InChI is InChI=1S/C7H12O4/c1-3-4-6(11-5-8)7(9)10-2/h5-6H,3-4H2,1-2H3. The van der Waals surface area contributed by atoms with Gasteiger partial charge in [0.05, 0.1) is 7.11 Å². The maximum absolute atomic E-state index is 10.8. The number of ether oxygens (including phenoxy) is 2. The van der Waals surface area contributed by atoms with Crippen molar-refractivity contribution in [3.05, 3.63) is 0 Å². The molecule has 0 N–H and O–H groups in total. The largest absolute Gasteiger partial charge is 0.466 e. The van der Waals surface area contributed by atoms with E-state index < -0.39 is 12.1 Å². The highest BCUT2D eigenvalue weighted by Crippen LogP contribution is 2.02. The Morgan fingerprint density at radius 3 is 2.64 bits per heavy atom. The molecule has 0 radical (unpaired) electrons. The Balaban J connectivity index is 3.86. The number of carbonyl (C=O) groups excluding carboxylic acids is 2. The predicted octanol–water partition coefficient (Wildman–Crippen LogP) is 0.501. The highest BCUT2D eigenvalue weighted by Gasteiger charge is 2.18. The van der Waals surface area contributed by atoms with Crippen LogP contribution in [0.2, 0.25) is 0 Å². The predicted molar refractivity (Wildman–Crippen MR) is 37.9 cm³/mol. The van der Waals surface area contributed by atoms with Gasteiger partial charge in [0.25, 0.3) is 6.47 Å². The van der Waals surface area contributed by atoms with Crippen molar-refractivity contribution in [1.29, 1.82) is 0 Å². The molecule has 0 aliphatic rings. The van der Waals surface area contributed by atoms with E-state index in [2.05, 4.69) is 9.47 Å². The molecule has 0 aromatic rings. The van der Waals surface area contributed by atoms with Gasteiger partial charge in [-0.15, -0.1) is 0 Å². The van der Waals surface area contributed by atoms with Crippen molar-refractivity contribution in [1.82, 2.24) is 0 Å². The molecule has 0 saturated carbocycles. The lowest BCUT2D eigenvalue weighted by Gasteiger charge is -2.10. The highest BCUT2D eigenvalue weighted by atomic mass is 16.6. The quantitative estimate of drug-likeness (QED) is 0.434. The van der Waals surface area contributed by atoms with E-state index in [4.69, 9.17) is 0 Å². The summed E-state index contributed by atoms with van der Waals surface area (Å²) in [6.45, 7) is 2.15. The average molecular weight is 160 g/mol. The molecular formula is C7H12O4. The van der Waals surface area contributed by atoms with Crippen LogP contribution in [0.25, 0.3) is 0 Å². The molecule has 0 rings (SSSR count). The molecule has 11 heavy (non-hydrogen) atoms. The van der Waals surface area contributed by atoms with Gasteiger partial charge in [-0.3, -0.25) is 4.79 Å². The van der Waals surface area contributed by atoms with Crippen LogP contribution < -0.4 is 0 Å². The molecule has 0 aromatic carbocycles. The summed E-state index contributed by atoms with van der Waals surface area (Å²) in [6.07, 6.45) is 0.543. The van der Waals surface area contributed by atoms with Gasteiger partial charge < -0.3 is 9.47 Å². The lowest BCUT2D eigenvalue weighted by molar-refractivity contribution is -0.159. The molecule has 0 fully saturated rings. The maximum Gasteiger partial charge on any atom is 0.347 e. The molecule has 4 nitrogen and oxygen atoms in total. The molecule has 0 heterocycles. The van der Waals surface area contributed by atoms with Gasteiger partial charge in [-0.25, -0.2) is 4.79 Å². The van der Waals surface area contributed by atoms with Gasteiger partial charge in [0.2, 0.25) is 0 Å². The van der Waals surface area contributed by atoms with Gasteiger partial charge in [0, 0.05) is 0 Å². The molecule has 1 atom stereocenters. The summed E-state index contributed by atoms with van der Waals surface area (Å²) in [6, 6.07) is 0.